The minimum Gasteiger partial charge on any atom is -0.211 e. The number of sulfonamides is 1. The molecule has 1 fully saturated rings. The van der Waals surface area contributed by atoms with Gasteiger partial charge in [0.2, 0.25) is 10.0 Å². The van der Waals surface area contributed by atoms with Crippen LogP contribution in [0.4, 0.5) is 0 Å². The first-order chi connectivity index (χ1) is 9.40. The second kappa shape index (κ2) is 6.46. The summed E-state index contributed by atoms with van der Waals surface area (Å²) in [5.41, 5.74) is 1.85. The van der Waals surface area contributed by atoms with Crippen LogP contribution in [0.2, 0.25) is 0 Å². The van der Waals surface area contributed by atoms with Gasteiger partial charge in [0.1, 0.15) is 0 Å². The maximum Gasteiger partial charge on any atom is 0.240 e. The van der Waals surface area contributed by atoms with Crippen LogP contribution in [0.3, 0.4) is 0 Å². The zero-order valence-electron chi connectivity index (χ0n) is 12.0. The second-order valence-electron chi connectivity index (χ2n) is 5.68. The Morgan fingerprint density at radius 1 is 1.25 bits per heavy atom. The van der Waals surface area contributed by atoms with Crippen LogP contribution in [0.15, 0.2) is 23.1 Å². The first kappa shape index (κ1) is 15.8. The van der Waals surface area contributed by atoms with Gasteiger partial charge >= 0.3 is 0 Å². The first-order valence-electron chi connectivity index (χ1n) is 7.11. The Morgan fingerprint density at radius 2 is 1.95 bits per heavy atom. The summed E-state index contributed by atoms with van der Waals surface area (Å²) in [6.45, 7) is 4.22. The van der Waals surface area contributed by atoms with Crippen molar-refractivity contribution in [2.24, 2.45) is 5.92 Å². The van der Waals surface area contributed by atoms with Crippen LogP contribution < -0.4 is 4.72 Å². The van der Waals surface area contributed by atoms with E-state index in [2.05, 4.69) is 4.72 Å². The number of rotatable bonds is 4. The van der Waals surface area contributed by atoms with Gasteiger partial charge in [0, 0.05) is 11.9 Å². The Balaban J connectivity index is 2.07. The molecule has 2 atom stereocenters. The molecule has 1 aliphatic rings. The Labute approximate surface area is 126 Å². The summed E-state index contributed by atoms with van der Waals surface area (Å²) in [5, 5.41) is 0.0885. The van der Waals surface area contributed by atoms with Crippen molar-refractivity contribution >= 4 is 21.6 Å². The molecular weight excluding hydrogens is 294 g/mol. The molecule has 0 spiro atoms. The number of nitrogens with one attached hydrogen (secondary N) is 1. The summed E-state index contributed by atoms with van der Waals surface area (Å²) in [4.78, 5) is 0.366. The van der Waals surface area contributed by atoms with Crippen LogP contribution in [-0.2, 0) is 10.0 Å². The molecule has 0 aromatic heterocycles. The summed E-state index contributed by atoms with van der Waals surface area (Å²) in [6, 6.07) is 5.39. The predicted octanol–water partition coefficient (Wildman–Crippen LogP) is 3.38. The summed E-state index contributed by atoms with van der Waals surface area (Å²) < 4.78 is 27.4. The third-order valence-corrected chi connectivity index (χ3v) is 6.13. The fourth-order valence-corrected chi connectivity index (χ4v) is 4.48. The summed E-state index contributed by atoms with van der Waals surface area (Å²) in [5.74, 6) is 0.242. The average molecular weight is 316 g/mol. The lowest BCUT2D eigenvalue weighted by molar-refractivity contribution is 0.364. The Bertz CT molecular complexity index is 571. The summed E-state index contributed by atoms with van der Waals surface area (Å²) in [6.07, 6.45) is 4.27. The Hall–Kier alpha value is -0.580. The zero-order valence-corrected chi connectivity index (χ0v) is 13.6. The van der Waals surface area contributed by atoms with Crippen molar-refractivity contribution in [3.63, 3.8) is 0 Å². The first-order valence-corrected chi connectivity index (χ1v) is 9.03. The number of alkyl halides is 1. The largest absolute Gasteiger partial charge is 0.240 e. The molecule has 2 rings (SSSR count). The van der Waals surface area contributed by atoms with Gasteiger partial charge in [-0.05, 0) is 44.2 Å². The smallest absolute Gasteiger partial charge is 0.211 e. The average Bonchev–Trinajstić information content (AvgIpc) is 2.37. The lowest BCUT2D eigenvalue weighted by Crippen LogP contribution is -2.35. The molecule has 0 saturated heterocycles. The molecule has 5 heteroatoms. The fraction of sp³-hybridized carbons (Fsp3) is 0.600. The molecule has 0 aliphatic heterocycles. The second-order valence-corrected chi connectivity index (χ2v) is 7.98. The number of benzene rings is 1. The van der Waals surface area contributed by atoms with E-state index in [0.29, 0.717) is 11.4 Å². The SMILES string of the molecule is Cc1ccc(S(=O)(=O)NCC2CCCCC2Cl)c(C)c1. The summed E-state index contributed by atoms with van der Waals surface area (Å²) in [7, 11) is -3.44. The van der Waals surface area contributed by atoms with E-state index in [0.717, 1.165) is 36.8 Å². The van der Waals surface area contributed by atoms with E-state index in [9.17, 15) is 8.42 Å². The van der Waals surface area contributed by atoms with Crippen LogP contribution in [-0.4, -0.2) is 20.3 Å². The monoisotopic (exact) mass is 315 g/mol. The van der Waals surface area contributed by atoms with Crippen molar-refractivity contribution in [1.29, 1.82) is 0 Å². The molecule has 3 nitrogen and oxygen atoms in total. The van der Waals surface area contributed by atoms with E-state index in [1.807, 2.05) is 26.0 Å². The molecule has 20 heavy (non-hydrogen) atoms. The van der Waals surface area contributed by atoms with E-state index in [-0.39, 0.29) is 11.3 Å². The standard InChI is InChI=1S/C15H22ClNO2S/c1-11-7-8-15(12(2)9-11)20(18,19)17-10-13-5-3-4-6-14(13)16/h7-9,13-14,17H,3-6,10H2,1-2H3. The van der Waals surface area contributed by atoms with Gasteiger partial charge in [-0.15, -0.1) is 11.6 Å². The van der Waals surface area contributed by atoms with Crippen LogP contribution >= 0.6 is 11.6 Å². The van der Waals surface area contributed by atoms with E-state index in [1.165, 1.54) is 0 Å². The van der Waals surface area contributed by atoms with Crippen LogP contribution in [0.5, 0.6) is 0 Å². The van der Waals surface area contributed by atoms with Gasteiger partial charge in [-0.3, -0.25) is 0 Å². The third kappa shape index (κ3) is 3.74. The lowest BCUT2D eigenvalue weighted by Gasteiger charge is -2.27. The van der Waals surface area contributed by atoms with Gasteiger partial charge in [-0.25, -0.2) is 13.1 Å². The van der Waals surface area contributed by atoms with Crippen molar-refractivity contribution in [3.8, 4) is 0 Å². The van der Waals surface area contributed by atoms with Crippen molar-refractivity contribution in [2.45, 2.75) is 49.8 Å². The minimum atomic E-state index is -3.44. The number of aryl methyl sites for hydroxylation is 2. The number of hydrogen-bond donors (Lipinski definition) is 1. The molecule has 112 valence electrons. The molecule has 0 heterocycles. The van der Waals surface area contributed by atoms with E-state index in [4.69, 9.17) is 11.6 Å². The molecule has 2 unspecified atom stereocenters. The molecule has 0 bridgehead atoms. The van der Waals surface area contributed by atoms with Gasteiger partial charge in [-0.1, -0.05) is 30.5 Å². The number of halogens is 1. The minimum absolute atomic E-state index is 0.0885. The quantitative estimate of drug-likeness (QED) is 0.866. The molecule has 0 radical (unpaired) electrons. The van der Waals surface area contributed by atoms with Crippen LogP contribution in [0, 0.1) is 19.8 Å². The van der Waals surface area contributed by atoms with Gasteiger partial charge in [-0.2, -0.15) is 0 Å². The lowest BCUT2D eigenvalue weighted by atomic mass is 9.89. The Kier molecular flexibility index (Phi) is 5.10. The van der Waals surface area contributed by atoms with Gasteiger partial charge in [0.15, 0.2) is 0 Å². The van der Waals surface area contributed by atoms with Crippen LogP contribution in [0.25, 0.3) is 0 Å². The fourth-order valence-electron chi connectivity index (χ4n) is 2.79. The van der Waals surface area contributed by atoms with Crippen molar-refractivity contribution in [2.75, 3.05) is 6.54 Å². The maximum atomic E-state index is 12.4. The van der Waals surface area contributed by atoms with E-state index in [1.54, 1.807) is 6.07 Å². The van der Waals surface area contributed by atoms with Crippen molar-refractivity contribution in [1.82, 2.24) is 4.72 Å². The van der Waals surface area contributed by atoms with Crippen molar-refractivity contribution in [3.05, 3.63) is 29.3 Å². The van der Waals surface area contributed by atoms with E-state index >= 15 is 0 Å². The highest BCUT2D eigenvalue weighted by Gasteiger charge is 2.25. The highest BCUT2D eigenvalue weighted by Crippen LogP contribution is 2.28. The van der Waals surface area contributed by atoms with Crippen molar-refractivity contribution < 1.29 is 8.42 Å². The van der Waals surface area contributed by atoms with Gasteiger partial charge in [0.05, 0.1) is 4.90 Å². The highest BCUT2D eigenvalue weighted by atomic mass is 35.5. The van der Waals surface area contributed by atoms with E-state index < -0.39 is 10.0 Å². The molecule has 1 aromatic carbocycles. The van der Waals surface area contributed by atoms with Crippen LogP contribution in [0.1, 0.15) is 36.8 Å². The van der Waals surface area contributed by atoms with Gasteiger partial charge < -0.3 is 0 Å². The molecule has 1 aromatic rings. The summed E-state index contributed by atoms with van der Waals surface area (Å²) >= 11 is 6.27. The highest BCUT2D eigenvalue weighted by molar-refractivity contribution is 7.89. The molecule has 1 saturated carbocycles. The molecule has 1 aliphatic carbocycles. The third-order valence-electron chi connectivity index (χ3n) is 3.97. The zero-order chi connectivity index (χ0) is 14.8. The molecule has 1 N–H and O–H groups in total. The topological polar surface area (TPSA) is 46.2 Å². The number of hydrogen-bond acceptors (Lipinski definition) is 2. The molecule has 0 amide bonds. The predicted molar refractivity (Wildman–Crippen MR) is 82.7 cm³/mol. The normalized spacial score (nSPS) is 23.8. The molecular formula is C15H22ClNO2S. The van der Waals surface area contributed by atoms with Gasteiger partial charge in [0.25, 0.3) is 0 Å². The maximum absolute atomic E-state index is 12.4. The Morgan fingerprint density at radius 3 is 2.60 bits per heavy atom.